The van der Waals surface area contributed by atoms with Crippen LogP contribution in [0.3, 0.4) is 0 Å². The van der Waals surface area contributed by atoms with Crippen molar-refractivity contribution in [1.82, 2.24) is 4.90 Å². The van der Waals surface area contributed by atoms with Crippen molar-refractivity contribution in [3.8, 4) is 11.8 Å². The van der Waals surface area contributed by atoms with E-state index in [0.29, 0.717) is 24.3 Å². The zero-order valence-electron chi connectivity index (χ0n) is 17.4. The molecule has 3 rings (SSSR count). The number of hydrogen-bond acceptors (Lipinski definition) is 4. The van der Waals surface area contributed by atoms with Gasteiger partial charge in [0.15, 0.2) is 0 Å². The van der Waals surface area contributed by atoms with Gasteiger partial charge in [-0.1, -0.05) is 24.3 Å². The molecule has 0 aromatic heterocycles. The third kappa shape index (κ3) is 5.37. The Labute approximate surface area is 178 Å². The van der Waals surface area contributed by atoms with E-state index in [2.05, 4.69) is 23.6 Å². The molecular weight excluding hydrogens is 374 g/mol. The van der Waals surface area contributed by atoms with Crippen LogP contribution in [0, 0.1) is 11.3 Å². The molecule has 154 valence electrons. The van der Waals surface area contributed by atoms with E-state index in [-0.39, 0.29) is 5.91 Å². The molecule has 0 saturated heterocycles. The molecule has 0 unspecified atom stereocenters. The number of carbonyl (C=O) groups is 1. The molecule has 5 heteroatoms. The van der Waals surface area contributed by atoms with Crippen LogP contribution in [0.2, 0.25) is 0 Å². The smallest absolute Gasteiger partial charge is 0.258 e. The lowest BCUT2D eigenvalue weighted by molar-refractivity contribution is 0.0985. The topological polar surface area (TPSA) is 56.6 Å². The van der Waals surface area contributed by atoms with Gasteiger partial charge in [-0.3, -0.25) is 9.69 Å². The van der Waals surface area contributed by atoms with Gasteiger partial charge in [-0.15, -0.1) is 6.58 Å². The summed E-state index contributed by atoms with van der Waals surface area (Å²) in [6.07, 6.45) is 7.78. The highest BCUT2D eigenvalue weighted by Gasteiger charge is 2.24. The number of fused-ring (bicyclic) bond motifs is 1. The fraction of sp³-hybridized carbons (Fsp3) is 0.280. The summed E-state index contributed by atoms with van der Waals surface area (Å²) in [5, 5.41) is 9.10. The Morgan fingerprint density at radius 3 is 2.93 bits per heavy atom. The molecule has 0 aliphatic carbocycles. The van der Waals surface area contributed by atoms with Crippen LogP contribution in [0.15, 0.2) is 67.3 Å². The van der Waals surface area contributed by atoms with Crippen molar-refractivity contribution < 1.29 is 9.53 Å². The zero-order valence-corrected chi connectivity index (χ0v) is 17.4. The number of rotatable bonds is 8. The van der Waals surface area contributed by atoms with Crippen molar-refractivity contribution >= 4 is 11.6 Å². The number of ether oxygens (including phenoxy) is 1. The minimum Gasteiger partial charge on any atom is -0.490 e. The van der Waals surface area contributed by atoms with Crippen LogP contribution in [-0.4, -0.2) is 44.1 Å². The third-order valence-electron chi connectivity index (χ3n) is 5.02. The molecular formula is C25H27N3O2. The lowest BCUT2D eigenvalue weighted by atomic mass is 10.00. The minimum absolute atomic E-state index is 0.0757. The van der Waals surface area contributed by atoms with Crippen LogP contribution >= 0.6 is 0 Å². The molecule has 1 aliphatic heterocycles. The van der Waals surface area contributed by atoms with Crippen LogP contribution in [0.5, 0.6) is 5.75 Å². The number of hydrogen-bond donors (Lipinski definition) is 0. The molecule has 0 saturated carbocycles. The number of nitriles is 1. The predicted molar refractivity (Wildman–Crippen MR) is 120 cm³/mol. The Morgan fingerprint density at radius 2 is 2.13 bits per heavy atom. The van der Waals surface area contributed by atoms with E-state index in [0.717, 1.165) is 42.9 Å². The van der Waals surface area contributed by atoms with Gasteiger partial charge >= 0.3 is 0 Å². The molecule has 0 fully saturated rings. The van der Waals surface area contributed by atoms with Crippen molar-refractivity contribution in [2.45, 2.75) is 12.8 Å². The van der Waals surface area contributed by atoms with E-state index in [1.54, 1.807) is 29.2 Å². The predicted octanol–water partition coefficient (Wildman–Crippen LogP) is 4.20. The van der Waals surface area contributed by atoms with Crippen molar-refractivity contribution in [3.05, 3.63) is 84.0 Å². The van der Waals surface area contributed by atoms with Crippen molar-refractivity contribution in [1.29, 1.82) is 5.26 Å². The Hall–Kier alpha value is -3.36. The summed E-state index contributed by atoms with van der Waals surface area (Å²) in [6, 6.07) is 14.8. The lowest BCUT2D eigenvalue weighted by Gasteiger charge is -2.30. The summed E-state index contributed by atoms with van der Waals surface area (Å²) in [7, 11) is 2.04. The molecule has 0 atom stereocenters. The highest BCUT2D eigenvalue weighted by molar-refractivity contribution is 6.07. The summed E-state index contributed by atoms with van der Waals surface area (Å²) in [4.78, 5) is 17.0. The van der Waals surface area contributed by atoms with Gasteiger partial charge in [0.25, 0.3) is 5.91 Å². The number of aryl methyl sites for hydroxylation is 1. The first-order valence-electron chi connectivity index (χ1n) is 10.1. The molecule has 30 heavy (non-hydrogen) atoms. The number of amides is 1. The summed E-state index contributed by atoms with van der Waals surface area (Å²) in [5.74, 6) is 0.729. The first-order valence-corrected chi connectivity index (χ1v) is 10.1. The maximum absolute atomic E-state index is 13.0. The first-order chi connectivity index (χ1) is 14.6. The van der Waals surface area contributed by atoms with Gasteiger partial charge in [-0.25, -0.2) is 0 Å². The number of anilines is 1. The number of nitrogens with zero attached hydrogens (tertiary/aromatic N) is 3. The van der Waals surface area contributed by atoms with Gasteiger partial charge in [-0.05, 0) is 61.9 Å². The molecule has 1 amide bonds. The second-order valence-electron chi connectivity index (χ2n) is 7.34. The fourth-order valence-corrected chi connectivity index (χ4v) is 3.51. The van der Waals surface area contributed by atoms with Gasteiger partial charge in [0.1, 0.15) is 12.4 Å². The summed E-state index contributed by atoms with van der Waals surface area (Å²) >= 11 is 0. The van der Waals surface area contributed by atoms with Gasteiger partial charge < -0.3 is 9.64 Å². The van der Waals surface area contributed by atoms with E-state index < -0.39 is 0 Å². The quantitative estimate of drug-likeness (QED) is 0.622. The Morgan fingerprint density at radius 1 is 1.27 bits per heavy atom. The lowest BCUT2D eigenvalue weighted by Crippen LogP contribution is -2.35. The number of benzene rings is 2. The van der Waals surface area contributed by atoms with Crippen LogP contribution in [0.25, 0.3) is 0 Å². The average molecular weight is 402 g/mol. The minimum atomic E-state index is -0.0757. The second kappa shape index (κ2) is 10.4. The molecule has 1 aliphatic rings. The van der Waals surface area contributed by atoms with Gasteiger partial charge in [0, 0.05) is 30.9 Å². The molecule has 1 heterocycles. The van der Waals surface area contributed by atoms with E-state index in [1.165, 1.54) is 0 Å². The molecule has 0 bridgehead atoms. The molecule has 2 aromatic carbocycles. The molecule has 0 radical (unpaired) electrons. The first kappa shape index (κ1) is 21.4. The highest BCUT2D eigenvalue weighted by Crippen LogP contribution is 2.31. The standard InChI is InChI=1S/C25H27N3O2/c1-3-13-27(2)14-4-5-16-30-23-11-12-24-21(18-23)10-7-15-28(24)25(29)22-9-6-8-20(17-22)19-26/h3-6,8-9,11-12,17-18H,1,7,10,13-16H2,2H3/b5-4+. The summed E-state index contributed by atoms with van der Waals surface area (Å²) in [5.41, 5.74) is 3.06. The SMILES string of the molecule is C=CCN(C)C/C=C/COc1ccc2c(c1)CCCN2C(=O)c1cccc(C#N)c1. The van der Waals surface area contributed by atoms with Gasteiger partial charge in [0.2, 0.25) is 0 Å². The van der Waals surface area contributed by atoms with E-state index in [1.807, 2.05) is 37.4 Å². The van der Waals surface area contributed by atoms with Gasteiger partial charge in [-0.2, -0.15) is 5.26 Å². The Balaban J connectivity index is 1.66. The summed E-state index contributed by atoms with van der Waals surface area (Å²) < 4.78 is 5.86. The fourth-order valence-electron chi connectivity index (χ4n) is 3.51. The Kier molecular flexibility index (Phi) is 7.42. The van der Waals surface area contributed by atoms with Crippen molar-refractivity contribution in [2.24, 2.45) is 0 Å². The van der Waals surface area contributed by atoms with Gasteiger partial charge in [0.05, 0.1) is 11.6 Å². The van der Waals surface area contributed by atoms with E-state index in [9.17, 15) is 4.79 Å². The third-order valence-corrected chi connectivity index (χ3v) is 5.02. The average Bonchev–Trinajstić information content (AvgIpc) is 2.78. The summed E-state index contributed by atoms with van der Waals surface area (Å²) in [6.45, 7) is 6.61. The second-order valence-corrected chi connectivity index (χ2v) is 7.34. The van der Waals surface area contributed by atoms with E-state index >= 15 is 0 Å². The van der Waals surface area contributed by atoms with Crippen LogP contribution in [0.4, 0.5) is 5.69 Å². The molecule has 0 spiro atoms. The van der Waals surface area contributed by atoms with Crippen LogP contribution < -0.4 is 9.64 Å². The van der Waals surface area contributed by atoms with E-state index in [4.69, 9.17) is 10.00 Å². The normalized spacial score (nSPS) is 13.2. The highest BCUT2D eigenvalue weighted by atomic mass is 16.5. The Bertz CT molecular complexity index is 975. The number of carbonyl (C=O) groups excluding carboxylic acids is 1. The monoisotopic (exact) mass is 401 g/mol. The maximum atomic E-state index is 13.0. The largest absolute Gasteiger partial charge is 0.490 e. The van der Waals surface area contributed by atoms with Crippen LogP contribution in [-0.2, 0) is 6.42 Å². The molecule has 2 aromatic rings. The maximum Gasteiger partial charge on any atom is 0.258 e. The zero-order chi connectivity index (χ0) is 21.3. The molecule has 0 N–H and O–H groups in total. The van der Waals surface area contributed by atoms with Crippen LogP contribution in [0.1, 0.15) is 27.9 Å². The van der Waals surface area contributed by atoms with Crippen molar-refractivity contribution in [3.63, 3.8) is 0 Å². The molecule has 5 nitrogen and oxygen atoms in total. The number of likely N-dealkylation sites (N-methyl/N-ethyl adjacent to an activating group) is 1. The van der Waals surface area contributed by atoms with Crippen molar-refractivity contribution in [2.75, 3.05) is 38.2 Å².